The summed E-state index contributed by atoms with van der Waals surface area (Å²) in [5.41, 5.74) is 2.49. The highest BCUT2D eigenvalue weighted by Gasteiger charge is 2.44. The lowest BCUT2D eigenvalue weighted by molar-refractivity contribution is -0.126. The molecule has 47 heavy (non-hydrogen) atoms. The SMILES string of the molecule is C=CC(=O)N1CCN2c3nc(=O)n(-c4c(C)ccnc4C(C)C)c4c(F)c(-c5c(N)c(Cl)cc(Cl)c5F)c(F)c(c34)S(=O)(=O)CC2C1. The predicted molar refractivity (Wildman–Crippen MR) is 174 cm³/mol. The highest BCUT2D eigenvalue weighted by atomic mass is 35.5. The zero-order valence-electron chi connectivity index (χ0n) is 25.2. The van der Waals surface area contributed by atoms with Crippen molar-refractivity contribution in [2.45, 2.75) is 37.6 Å². The number of carbonyl (C=O) groups excluding carboxylic acids is 1. The number of amides is 1. The van der Waals surface area contributed by atoms with E-state index in [0.29, 0.717) is 11.3 Å². The van der Waals surface area contributed by atoms with Crippen molar-refractivity contribution >= 4 is 61.4 Å². The van der Waals surface area contributed by atoms with Gasteiger partial charge in [0.05, 0.1) is 55.4 Å². The van der Waals surface area contributed by atoms with Gasteiger partial charge in [-0.1, -0.05) is 43.6 Å². The molecular weight excluding hydrogens is 680 g/mol. The lowest BCUT2D eigenvalue weighted by Gasteiger charge is -2.41. The second kappa shape index (κ2) is 11.5. The van der Waals surface area contributed by atoms with Crippen molar-refractivity contribution in [1.29, 1.82) is 0 Å². The maximum Gasteiger partial charge on any atom is 0.354 e. The van der Waals surface area contributed by atoms with Crippen LogP contribution in [0.2, 0.25) is 10.0 Å². The third-order valence-corrected chi connectivity index (χ3v) is 10.9. The number of hydrogen-bond acceptors (Lipinski definition) is 8. The number of nitrogen functional groups attached to an aromatic ring is 1. The molecule has 1 fully saturated rings. The highest BCUT2D eigenvalue weighted by molar-refractivity contribution is 7.91. The number of carbonyl (C=O) groups is 1. The van der Waals surface area contributed by atoms with Crippen LogP contribution in [-0.2, 0) is 14.6 Å². The van der Waals surface area contributed by atoms with E-state index in [1.54, 1.807) is 26.8 Å². The predicted octanol–water partition coefficient (Wildman–Crippen LogP) is 5.18. The van der Waals surface area contributed by atoms with Crippen LogP contribution in [0.1, 0.15) is 31.0 Å². The van der Waals surface area contributed by atoms with Crippen molar-refractivity contribution < 1.29 is 26.4 Å². The number of hydrogen-bond donors (Lipinski definition) is 1. The molecule has 16 heteroatoms. The van der Waals surface area contributed by atoms with Crippen molar-refractivity contribution in [2.75, 3.05) is 36.0 Å². The minimum Gasteiger partial charge on any atom is -0.397 e. The van der Waals surface area contributed by atoms with Crippen molar-refractivity contribution in [1.82, 2.24) is 19.4 Å². The number of anilines is 2. The average Bonchev–Trinajstić information content (AvgIpc) is 3.10. The summed E-state index contributed by atoms with van der Waals surface area (Å²) in [4.78, 5) is 37.1. The smallest absolute Gasteiger partial charge is 0.354 e. The van der Waals surface area contributed by atoms with Gasteiger partial charge >= 0.3 is 5.69 Å². The molecule has 0 aliphatic carbocycles. The fraction of sp³-hybridized carbons (Fsp3) is 0.290. The molecule has 6 rings (SSSR count). The number of sulfone groups is 1. The van der Waals surface area contributed by atoms with Crippen LogP contribution in [0.4, 0.5) is 24.7 Å². The molecule has 1 unspecified atom stereocenters. The van der Waals surface area contributed by atoms with Gasteiger partial charge in [0.25, 0.3) is 0 Å². The number of fused-ring (bicyclic) bond motifs is 2. The Morgan fingerprint density at radius 2 is 1.83 bits per heavy atom. The molecule has 1 atom stereocenters. The topological polar surface area (TPSA) is 131 Å². The summed E-state index contributed by atoms with van der Waals surface area (Å²) in [5.74, 6) is -6.38. The van der Waals surface area contributed by atoms with Gasteiger partial charge in [0.15, 0.2) is 27.3 Å². The number of aryl methyl sites for hydroxylation is 1. The van der Waals surface area contributed by atoms with Crippen molar-refractivity contribution in [3.63, 3.8) is 0 Å². The van der Waals surface area contributed by atoms with Crippen LogP contribution >= 0.6 is 23.2 Å². The molecule has 2 aromatic heterocycles. The van der Waals surface area contributed by atoms with E-state index in [4.69, 9.17) is 28.9 Å². The molecule has 246 valence electrons. The van der Waals surface area contributed by atoms with E-state index in [0.717, 1.165) is 16.7 Å². The standard InChI is InChI=1S/C31H27Cl2F3N6O4S/c1-5-18(43)40-8-9-41-15(11-40)12-47(45,46)29-21-28(23(35)19(24(29)36)20-22(34)16(32)10-17(33)25(20)37)42(31(44)39-30(21)41)27-14(4)6-7-38-26(27)13(2)3/h5-7,10,13,15H,1,8-9,11-12,37H2,2-4H3. The first-order valence-corrected chi connectivity index (χ1v) is 16.8. The number of halogens is 5. The van der Waals surface area contributed by atoms with Crippen LogP contribution in [0.3, 0.4) is 0 Å². The Hall–Kier alpha value is -4.14. The summed E-state index contributed by atoms with van der Waals surface area (Å²) >= 11 is 12.2. The molecule has 2 N–H and O–H groups in total. The van der Waals surface area contributed by atoms with Gasteiger partial charge in [-0.2, -0.15) is 4.98 Å². The van der Waals surface area contributed by atoms with Crippen LogP contribution in [0, 0.1) is 24.4 Å². The van der Waals surface area contributed by atoms with Crippen LogP contribution < -0.4 is 16.3 Å². The minimum atomic E-state index is -4.73. The first kappa shape index (κ1) is 32.8. The fourth-order valence-corrected chi connectivity index (χ4v) is 8.67. The Morgan fingerprint density at radius 3 is 2.49 bits per heavy atom. The van der Waals surface area contributed by atoms with Gasteiger partial charge in [0, 0.05) is 31.4 Å². The number of benzene rings is 2. The molecule has 10 nitrogen and oxygen atoms in total. The second-order valence-electron chi connectivity index (χ2n) is 11.7. The minimum absolute atomic E-state index is 0.0234. The molecule has 1 saturated heterocycles. The molecular formula is C31H27Cl2F3N6O4S. The number of nitrogens with zero attached hydrogens (tertiary/aromatic N) is 5. The Bertz CT molecular complexity index is 2200. The van der Waals surface area contributed by atoms with Gasteiger partial charge in [-0.05, 0) is 36.6 Å². The Balaban J connectivity index is 1.86. The van der Waals surface area contributed by atoms with Gasteiger partial charge in [-0.15, -0.1) is 0 Å². The normalized spacial score (nSPS) is 17.2. The zero-order chi connectivity index (χ0) is 34.3. The molecule has 4 aromatic rings. The molecule has 2 aromatic carbocycles. The maximum absolute atomic E-state index is 17.3. The van der Waals surface area contributed by atoms with Gasteiger partial charge in [-0.25, -0.2) is 26.4 Å². The Kier molecular flexibility index (Phi) is 8.04. The second-order valence-corrected chi connectivity index (χ2v) is 14.5. The third kappa shape index (κ3) is 4.95. The highest BCUT2D eigenvalue weighted by Crippen LogP contribution is 2.47. The average molecular weight is 708 g/mol. The molecule has 0 radical (unpaired) electrons. The molecule has 0 saturated carbocycles. The molecule has 1 amide bonds. The van der Waals surface area contributed by atoms with E-state index >= 15 is 13.2 Å². The Labute approximate surface area is 277 Å². The third-order valence-electron chi connectivity index (χ3n) is 8.50. The van der Waals surface area contributed by atoms with E-state index in [-0.39, 0.29) is 42.1 Å². The van der Waals surface area contributed by atoms with Gasteiger partial charge in [0.2, 0.25) is 5.91 Å². The van der Waals surface area contributed by atoms with E-state index in [9.17, 15) is 18.0 Å². The first-order chi connectivity index (χ1) is 22.1. The summed E-state index contributed by atoms with van der Waals surface area (Å²) in [5, 5.41) is -1.51. The van der Waals surface area contributed by atoms with Crippen molar-refractivity contribution in [3.8, 4) is 16.8 Å². The van der Waals surface area contributed by atoms with E-state index in [1.165, 1.54) is 16.0 Å². The number of piperazine rings is 1. The van der Waals surface area contributed by atoms with Crippen molar-refractivity contribution in [2.24, 2.45) is 0 Å². The van der Waals surface area contributed by atoms with E-state index in [1.807, 2.05) is 0 Å². The first-order valence-electron chi connectivity index (χ1n) is 14.4. The number of nitrogens with two attached hydrogens (primary N) is 1. The summed E-state index contributed by atoms with van der Waals surface area (Å²) in [7, 11) is -4.73. The van der Waals surface area contributed by atoms with Crippen molar-refractivity contribution in [3.05, 3.63) is 80.2 Å². The number of rotatable bonds is 4. The van der Waals surface area contributed by atoms with Gasteiger partial charge in [-0.3, -0.25) is 14.3 Å². The summed E-state index contributed by atoms with van der Waals surface area (Å²) < 4.78 is 79.4. The lowest BCUT2D eigenvalue weighted by Crippen LogP contribution is -2.57. The molecule has 2 aliphatic rings. The molecule has 0 bridgehead atoms. The number of pyridine rings is 1. The van der Waals surface area contributed by atoms with E-state index < -0.39 is 88.3 Å². The van der Waals surface area contributed by atoms with Crippen LogP contribution in [0.15, 0.2) is 40.7 Å². The summed E-state index contributed by atoms with van der Waals surface area (Å²) in [6.45, 7) is 8.58. The molecule has 4 heterocycles. The maximum atomic E-state index is 17.3. The molecule has 2 aliphatic heterocycles. The quantitative estimate of drug-likeness (QED) is 0.133. The summed E-state index contributed by atoms with van der Waals surface area (Å²) in [6.07, 6.45) is 2.57. The monoisotopic (exact) mass is 706 g/mol. The van der Waals surface area contributed by atoms with Crippen LogP contribution in [0.25, 0.3) is 27.7 Å². The Morgan fingerprint density at radius 1 is 1.13 bits per heavy atom. The van der Waals surface area contributed by atoms with Gasteiger partial charge < -0.3 is 15.5 Å². The van der Waals surface area contributed by atoms with Crippen LogP contribution in [-0.4, -0.2) is 65.2 Å². The largest absolute Gasteiger partial charge is 0.397 e. The van der Waals surface area contributed by atoms with E-state index in [2.05, 4.69) is 16.5 Å². The zero-order valence-corrected chi connectivity index (χ0v) is 27.6. The summed E-state index contributed by atoms with van der Waals surface area (Å²) in [6, 6.07) is 1.49. The molecule has 0 spiro atoms. The number of aromatic nitrogens is 3. The lowest BCUT2D eigenvalue weighted by atomic mass is 9.98. The van der Waals surface area contributed by atoms with Gasteiger partial charge in [0.1, 0.15) is 10.7 Å². The fourth-order valence-electron chi connectivity index (χ4n) is 6.37. The van der Waals surface area contributed by atoms with Crippen LogP contribution in [0.5, 0.6) is 0 Å².